The number of nitrogens with two attached hydrogens (primary N) is 1. The van der Waals surface area contributed by atoms with Gasteiger partial charge in [0.25, 0.3) is 10.0 Å². The summed E-state index contributed by atoms with van der Waals surface area (Å²) in [6, 6.07) is 2.93. The van der Waals surface area contributed by atoms with Gasteiger partial charge in [0, 0.05) is 13.2 Å². The van der Waals surface area contributed by atoms with Crippen LogP contribution in [0.5, 0.6) is 0 Å². The Morgan fingerprint density at radius 3 is 2.78 bits per heavy atom. The summed E-state index contributed by atoms with van der Waals surface area (Å²) in [6.45, 7) is 2.52. The van der Waals surface area contributed by atoms with Crippen LogP contribution in [0.15, 0.2) is 21.6 Å². The third-order valence-electron chi connectivity index (χ3n) is 2.58. The largest absolute Gasteiger partial charge is 0.447 e. The van der Waals surface area contributed by atoms with Gasteiger partial charge < -0.3 is 15.3 Å². The molecule has 0 radical (unpaired) electrons. The maximum absolute atomic E-state index is 11.8. The van der Waals surface area contributed by atoms with Gasteiger partial charge >= 0.3 is 0 Å². The highest BCUT2D eigenvalue weighted by Crippen LogP contribution is 2.13. The van der Waals surface area contributed by atoms with E-state index in [0.717, 1.165) is 6.42 Å². The van der Waals surface area contributed by atoms with Crippen molar-refractivity contribution in [2.45, 2.75) is 31.4 Å². The predicted molar refractivity (Wildman–Crippen MR) is 67.3 cm³/mol. The zero-order valence-corrected chi connectivity index (χ0v) is 11.2. The molecule has 7 heteroatoms. The van der Waals surface area contributed by atoms with Crippen molar-refractivity contribution in [2.75, 3.05) is 13.2 Å². The van der Waals surface area contributed by atoms with Crippen LogP contribution in [0.1, 0.15) is 25.5 Å². The van der Waals surface area contributed by atoms with E-state index in [9.17, 15) is 8.42 Å². The molecule has 0 aliphatic carbocycles. The number of aliphatic hydroxyl groups excluding tert-OH is 1. The second-order valence-electron chi connectivity index (χ2n) is 4.25. The molecule has 4 N–H and O–H groups in total. The lowest BCUT2D eigenvalue weighted by atomic mass is 10.1. The Morgan fingerprint density at radius 2 is 2.22 bits per heavy atom. The molecule has 0 aliphatic rings. The summed E-state index contributed by atoms with van der Waals surface area (Å²) in [5.41, 5.74) is 5.34. The predicted octanol–water partition coefficient (Wildman–Crippen LogP) is 0.425. The van der Waals surface area contributed by atoms with Gasteiger partial charge in [-0.3, -0.25) is 0 Å². The van der Waals surface area contributed by atoms with E-state index in [1.54, 1.807) is 6.07 Å². The quantitative estimate of drug-likeness (QED) is 0.597. The molecule has 1 aromatic heterocycles. The van der Waals surface area contributed by atoms with Crippen LogP contribution in [0, 0.1) is 5.92 Å². The SMILES string of the molecule is CC(CO)CCCNS(=O)(=O)c1ccc(CN)o1. The van der Waals surface area contributed by atoms with Crippen molar-refractivity contribution >= 4 is 10.0 Å². The van der Waals surface area contributed by atoms with Gasteiger partial charge in [0.05, 0.1) is 6.54 Å². The maximum atomic E-state index is 11.8. The summed E-state index contributed by atoms with van der Waals surface area (Å²) in [4.78, 5) is 0. The summed E-state index contributed by atoms with van der Waals surface area (Å²) < 4.78 is 31.1. The van der Waals surface area contributed by atoms with Crippen LogP contribution >= 0.6 is 0 Å². The molecule has 18 heavy (non-hydrogen) atoms. The standard InChI is InChI=1S/C11H20N2O4S/c1-9(8-14)3-2-6-13-18(15,16)11-5-4-10(7-12)17-11/h4-5,9,13-14H,2-3,6-8,12H2,1H3. The van der Waals surface area contributed by atoms with Crippen LogP contribution in [0.3, 0.4) is 0 Å². The molecule has 6 nitrogen and oxygen atoms in total. The first-order valence-corrected chi connectivity index (χ1v) is 7.37. The molecule has 0 aliphatic heterocycles. The minimum absolute atomic E-state index is 0.113. The van der Waals surface area contributed by atoms with Crippen molar-refractivity contribution in [3.63, 3.8) is 0 Å². The zero-order chi connectivity index (χ0) is 13.6. The smallest absolute Gasteiger partial charge is 0.273 e. The fourth-order valence-electron chi connectivity index (χ4n) is 1.43. The molecule has 0 fully saturated rings. The molecular formula is C11H20N2O4S. The van der Waals surface area contributed by atoms with Gasteiger partial charge in [0.15, 0.2) is 0 Å². The minimum atomic E-state index is -3.59. The second-order valence-corrected chi connectivity index (χ2v) is 5.95. The molecule has 0 aromatic carbocycles. The highest BCUT2D eigenvalue weighted by molar-refractivity contribution is 7.89. The molecule has 1 aromatic rings. The van der Waals surface area contributed by atoms with Gasteiger partial charge in [-0.05, 0) is 30.9 Å². The second kappa shape index (κ2) is 6.89. The van der Waals surface area contributed by atoms with Crippen LogP contribution in [0.25, 0.3) is 0 Å². The average molecular weight is 276 g/mol. The van der Waals surface area contributed by atoms with Gasteiger partial charge in [-0.2, -0.15) is 0 Å². The minimum Gasteiger partial charge on any atom is -0.447 e. The van der Waals surface area contributed by atoms with E-state index in [-0.39, 0.29) is 24.2 Å². The van der Waals surface area contributed by atoms with Crippen LogP contribution in [-0.2, 0) is 16.6 Å². The number of nitrogens with one attached hydrogen (secondary N) is 1. The van der Waals surface area contributed by atoms with Crippen molar-refractivity contribution in [1.29, 1.82) is 0 Å². The van der Waals surface area contributed by atoms with Crippen molar-refractivity contribution in [3.05, 3.63) is 17.9 Å². The van der Waals surface area contributed by atoms with E-state index >= 15 is 0 Å². The van der Waals surface area contributed by atoms with E-state index in [0.29, 0.717) is 18.7 Å². The normalized spacial score (nSPS) is 13.7. The summed E-state index contributed by atoms with van der Waals surface area (Å²) in [7, 11) is -3.59. The maximum Gasteiger partial charge on any atom is 0.273 e. The fourth-order valence-corrected chi connectivity index (χ4v) is 2.45. The van der Waals surface area contributed by atoms with Gasteiger partial charge in [0.2, 0.25) is 5.09 Å². The van der Waals surface area contributed by atoms with Crippen LogP contribution in [0.2, 0.25) is 0 Å². The first kappa shape index (κ1) is 15.2. The van der Waals surface area contributed by atoms with E-state index in [4.69, 9.17) is 15.3 Å². The highest BCUT2D eigenvalue weighted by atomic mass is 32.2. The topological polar surface area (TPSA) is 106 Å². The number of hydrogen-bond acceptors (Lipinski definition) is 5. The molecule has 1 heterocycles. The molecule has 104 valence electrons. The first-order chi connectivity index (χ1) is 8.49. The summed E-state index contributed by atoms with van der Waals surface area (Å²) >= 11 is 0. The first-order valence-electron chi connectivity index (χ1n) is 5.89. The lowest BCUT2D eigenvalue weighted by molar-refractivity contribution is 0.228. The Bertz CT molecular complexity index is 455. The molecule has 1 atom stereocenters. The Labute approximate surface area is 107 Å². The van der Waals surface area contributed by atoms with E-state index in [2.05, 4.69) is 4.72 Å². The number of sulfonamides is 1. The summed E-state index contributed by atoms with van der Waals surface area (Å²) in [5, 5.41) is 8.72. The number of hydrogen-bond donors (Lipinski definition) is 3. The van der Waals surface area contributed by atoms with Crippen LogP contribution < -0.4 is 10.5 Å². The van der Waals surface area contributed by atoms with E-state index in [1.165, 1.54) is 6.07 Å². The van der Waals surface area contributed by atoms with Crippen molar-refractivity contribution in [1.82, 2.24) is 4.72 Å². The van der Waals surface area contributed by atoms with Crippen LogP contribution in [-0.4, -0.2) is 26.7 Å². The third-order valence-corrected chi connectivity index (χ3v) is 3.91. The van der Waals surface area contributed by atoms with Gasteiger partial charge in [-0.1, -0.05) is 6.92 Å². The average Bonchev–Trinajstić information content (AvgIpc) is 2.83. The van der Waals surface area contributed by atoms with Crippen molar-refractivity contribution in [3.8, 4) is 0 Å². The fraction of sp³-hybridized carbons (Fsp3) is 0.636. The van der Waals surface area contributed by atoms with Crippen molar-refractivity contribution < 1.29 is 17.9 Å². The molecule has 0 spiro atoms. The number of rotatable bonds is 8. The van der Waals surface area contributed by atoms with Gasteiger partial charge in [-0.25, -0.2) is 13.1 Å². The van der Waals surface area contributed by atoms with E-state index in [1.807, 2.05) is 6.92 Å². The number of furan rings is 1. The Balaban J connectivity index is 2.45. The van der Waals surface area contributed by atoms with Crippen molar-refractivity contribution in [2.24, 2.45) is 11.7 Å². The number of aliphatic hydroxyl groups is 1. The van der Waals surface area contributed by atoms with E-state index < -0.39 is 10.0 Å². The van der Waals surface area contributed by atoms with Gasteiger partial charge in [-0.15, -0.1) is 0 Å². The Kier molecular flexibility index (Phi) is 5.80. The molecule has 1 unspecified atom stereocenters. The Hall–Kier alpha value is -0.890. The lowest BCUT2D eigenvalue weighted by Gasteiger charge is -2.07. The lowest BCUT2D eigenvalue weighted by Crippen LogP contribution is -2.24. The monoisotopic (exact) mass is 276 g/mol. The summed E-state index contributed by atoms with van der Waals surface area (Å²) in [6.07, 6.45) is 1.44. The van der Waals surface area contributed by atoms with Gasteiger partial charge in [0.1, 0.15) is 5.76 Å². The summed E-state index contributed by atoms with van der Waals surface area (Å²) in [5.74, 6) is 0.617. The molecule has 0 bridgehead atoms. The highest BCUT2D eigenvalue weighted by Gasteiger charge is 2.17. The molecule has 1 rings (SSSR count). The zero-order valence-electron chi connectivity index (χ0n) is 10.4. The molecule has 0 saturated carbocycles. The third kappa shape index (κ3) is 4.41. The van der Waals surface area contributed by atoms with Crippen LogP contribution in [0.4, 0.5) is 0 Å². The molecule has 0 saturated heterocycles. The Morgan fingerprint density at radius 1 is 1.50 bits per heavy atom. The molecule has 0 amide bonds. The molecular weight excluding hydrogens is 256 g/mol.